The summed E-state index contributed by atoms with van der Waals surface area (Å²) >= 11 is 0. The van der Waals surface area contributed by atoms with Crippen molar-refractivity contribution in [3.63, 3.8) is 0 Å². The van der Waals surface area contributed by atoms with Crippen molar-refractivity contribution in [1.82, 2.24) is 0 Å². The van der Waals surface area contributed by atoms with Gasteiger partial charge < -0.3 is 9.84 Å². The number of carbonyl (C=O) groups excluding carboxylic acids is 2. The van der Waals surface area contributed by atoms with Crippen LogP contribution in [-0.4, -0.2) is 29.6 Å². The summed E-state index contributed by atoms with van der Waals surface area (Å²) in [6.07, 6.45) is 4.99. The van der Waals surface area contributed by atoms with E-state index in [9.17, 15) is 14.7 Å². The number of esters is 1. The largest absolute Gasteiger partial charge is 0.466 e. The van der Waals surface area contributed by atoms with Gasteiger partial charge in [-0.1, -0.05) is 19.9 Å². The van der Waals surface area contributed by atoms with Gasteiger partial charge in [0.2, 0.25) is 0 Å². The van der Waals surface area contributed by atoms with Crippen molar-refractivity contribution in [1.29, 1.82) is 0 Å². The van der Waals surface area contributed by atoms with E-state index in [-0.39, 0.29) is 12.2 Å². The predicted octanol–water partition coefficient (Wildman–Crippen LogP) is 2.73. The third-order valence-electron chi connectivity index (χ3n) is 4.32. The molecule has 0 aromatic heterocycles. The Morgan fingerprint density at radius 2 is 1.90 bits per heavy atom. The minimum absolute atomic E-state index is 0.0670. The Labute approximate surface area is 126 Å². The lowest BCUT2D eigenvalue weighted by Gasteiger charge is -2.45. The molecule has 1 atom stereocenters. The fraction of sp³-hybridized carbons (Fsp3) is 0.529. The lowest BCUT2D eigenvalue weighted by atomic mass is 9.62. The van der Waals surface area contributed by atoms with Gasteiger partial charge in [0.15, 0.2) is 5.78 Å². The van der Waals surface area contributed by atoms with Crippen molar-refractivity contribution in [2.24, 2.45) is 5.41 Å². The molecule has 0 unspecified atom stereocenters. The van der Waals surface area contributed by atoms with Gasteiger partial charge in [-0.15, -0.1) is 0 Å². The molecule has 116 valence electrons. The number of rotatable bonds is 3. The number of Topliss-reactive ketones (excluding diaryl/α,β-unsaturated/α-hetero) is 1. The summed E-state index contributed by atoms with van der Waals surface area (Å²) in [7, 11) is 1.31. The van der Waals surface area contributed by atoms with Gasteiger partial charge in [0, 0.05) is 17.9 Å². The van der Waals surface area contributed by atoms with Gasteiger partial charge in [0.05, 0.1) is 7.11 Å². The summed E-state index contributed by atoms with van der Waals surface area (Å²) in [5.41, 5.74) is 0.127. The number of allylic oxidation sites excluding steroid dienone is 3. The quantitative estimate of drug-likeness (QED) is 0.493. The Kier molecular flexibility index (Phi) is 4.95. The first kappa shape index (κ1) is 17.4. The lowest BCUT2D eigenvalue weighted by Crippen LogP contribution is -2.49. The maximum Gasteiger partial charge on any atom is 0.330 e. The Balaban J connectivity index is 3.22. The predicted molar refractivity (Wildman–Crippen MR) is 81.6 cm³/mol. The minimum atomic E-state index is -1.21. The van der Waals surface area contributed by atoms with Gasteiger partial charge in [-0.2, -0.15) is 0 Å². The highest BCUT2D eigenvalue weighted by molar-refractivity contribution is 5.97. The minimum Gasteiger partial charge on any atom is -0.466 e. The van der Waals surface area contributed by atoms with Crippen LogP contribution < -0.4 is 0 Å². The van der Waals surface area contributed by atoms with E-state index in [1.807, 2.05) is 13.8 Å². The molecule has 1 aliphatic rings. The standard InChI is InChI=1S/C17H24O4/c1-11(9-15(19)21-6)7-8-17(20)13(3)12(2)14(18)10-16(17,4)5/h7-9,20H,10H2,1-6H3/b8-7+,11-9+/t17-/m1/s1. The Bertz CT molecular complexity index is 549. The zero-order valence-corrected chi connectivity index (χ0v) is 13.6. The van der Waals surface area contributed by atoms with Crippen LogP contribution >= 0.6 is 0 Å². The topological polar surface area (TPSA) is 63.6 Å². The third kappa shape index (κ3) is 3.32. The molecule has 0 bridgehead atoms. The fourth-order valence-corrected chi connectivity index (χ4v) is 2.57. The van der Waals surface area contributed by atoms with Crippen molar-refractivity contribution in [2.75, 3.05) is 7.11 Å². The maximum absolute atomic E-state index is 12.0. The third-order valence-corrected chi connectivity index (χ3v) is 4.32. The number of aliphatic hydroxyl groups is 1. The van der Waals surface area contributed by atoms with Crippen LogP contribution in [0, 0.1) is 5.41 Å². The molecule has 0 aliphatic heterocycles. The average Bonchev–Trinajstić information content (AvgIpc) is 2.40. The average molecular weight is 292 g/mol. The summed E-state index contributed by atoms with van der Waals surface area (Å²) in [6, 6.07) is 0. The molecular formula is C17H24O4. The van der Waals surface area contributed by atoms with Crippen molar-refractivity contribution in [3.05, 3.63) is 34.9 Å². The number of carbonyl (C=O) groups is 2. The van der Waals surface area contributed by atoms with Gasteiger partial charge in [-0.05, 0) is 43.6 Å². The summed E-state index contributed by atoms with van der Waals surface area (Å²) in [4.78, 5) is 23.2. The van der Waals surface area contributed by atoms with E-state index >= 15 is 0 Å². The van der Waals surface area contributed by atoms with Gasteiger partial charge in [0.25, 0.3) is 0 Å². The molecule has 0 radical (unpaired) electrons. The van der Waals surface area contributed by atoms with Crippen LogP contribution in [0.25, 0.3) is 0 Å². The van der Waals surface area contributed by atoms with Crippen LogP contribution in [0.15, 0.2) is 34.9 Å². The van der Waals surface area contributed by atoms with E-state index < -0.39 is 17.0 Å². The first-order valence-electron chi connectivity index (χ1n) is 6.94. The van der Waals surface area contributed by atoms with E-state index in [0.29, 0.717) is 16.7 Å². The van der Waals surface area contributed by atoms with Crippen LogP contribution in [0.1, 0.15) is 41.0 Å². The van der Waals surface area contributed by atoms with Crippen LogP contribution in [0.5, 0.6) is 0 Å². The van der Waals surface area contributed by atoms with E-state index in [2.05, 4.69) is 4.74 Å². The smallest absolute Gasteiger partial charge is 0.330 e. The van der Waals surface area contributed by atoms with E-state index in [4.69, 9.17) is 0 Å². The molecule has 0 heterocycles. The number of ketones is 1. The van der Waals surface area contributed by atoms with Crippen LogP contribution in [-0.2, 0) is 14.3 Å². The molecule has 1 rings (SSSR count). The van der Waals surface area contributed by atoms with Crippen LogP contribution in [0.4, 0.5) is 0 Å². The van der Waals surface area contributed by atoms with Crippen LogP contribution in [0.2, 0.25) is 0 Å². The molecule has 4 nitrogen and oxygen atoms in total. The molecule has 1 N–H and O–H groups in total. The molecule has 0 saturated carbocycles. The second-order valence-electron chi connectivity index (χ2n) is 6.25. The highest BCUT2D eigenvalue weighted by atomic mass is 16.5. The molecule has 0 aromatic carbocycles. The molecule has 0 saturated heterocycles. The Hall–Kier alpha value is -1.68. The first-order chi connectivity index (χ1) is 9.55. The molecule has 0 fully saturated rings. The van der Waals surface area contributed by atoms with Crippen LogP contribution in [0.3, 0.4) is 0 Å². The Morgan fingerprint density at radius 3 is 2.43 bits per heavy atom. The van der Waals surface area contributed by atoms with E-state index in [0.717, 1.165) is 0 Å². The molecule has 21 heavy (non-hydrogen) atoms. The zero-order valence-electron chi connectivity index (χ0n) is 13.6. The zero-order chi connectivity index (χ0) is 16.4. The Morgan fingerprint density at radius 1 is 1.33 bits per heavy atom. The van der Waals surface area contributed by atoms with Crippen molar-refractivity contribution in [3.8, 4) is 0 Å². The second-order valence-corrected chi connectivity index (χ2v) is 6.25. The van der Waals surface area contributed by atoms with E-state index in [1.165, 1.54) is 13.2 Å². The number of hydrogen-bond acceptors (Lipinski definition) is 4. The number of methoxy groups -OCH3 is 1. The monoisotopic (exact) mass is 292 g/mol. The molecule has 0 aromatic rings. The summed E-state index contributed by atoms with van der Waals surface area (Å²) in [6.45, 7) is 9.00. The summed E-state index contributed by atoms with van der Waals surface area (Å²) in [5.74, 6) is -0.372. The highest BCUT2D eigenvalue weighted by Gasteiger charge is 2.48. The van der Waals surface area contributed by atoms with Crippen molar-refractivity contribution >= 4 is 11.8 Å². The maximum atomic E-state index is 12.0. The van der Waals surface area contributed by atoms with Crippen molar-refractivity contribution < 1.29 is 19.4 Å². The van der Waals surface area contributed by atoms with Crippen molar-refractivity contribution in [2.45, 2.75) is 46.6 Å². The lowest BCUT2D eigenvalue weighted by molar-refractivity contribution is -0.134. The SMILES string of the molecule is COC(=O)/C=C(C)/C=C/[C@@]1(O)C(C)=C(C)C(=O)CC1(C)C. The summed E-state index contributed by atoms with van der Waals surface area (Å²) < 4.78 is 4.57. The number of hydrogen-bond donors (Lipinski definition) is 1. The molecule has 1 aliphatic carbocycles. The van der Waals surface area contributed by atoms with Gasteiger partial charge in [-0.3, -0.25) is 4.79 Å². The molecule has 0 spiro atoms. The van der Waals surface area contributed by atoms with E-state index in [1.54, 1.807) is 32.9 Å². The second kappa shape index (κ2) is 5.98. The highest BCUT2D eigenvalue weighted by Crippen LogP contribution is 2.46. The molecule has 4 heteroatoms. The van der Waals surface area contributed by atoms with Gasteiger partial charge in [0.1, 0.15) is 5.60 Å². The normalized spacial score (nSPS) is 26.4. The van der Waals surface area contributed by atoms with Gasteiger partial charge >= 0.3 is 5.97 Å². The summed E-state index contributed by atoms with van der Waals surface area (Å²) in [5, 5.41) is 11.1. The molecule has 0 amide bonds. The number of ether oxygens (including phenoxy) is 1. The molecular weight excluding hydrogens is 268 g/mol. The van der Waals surface area contributed by atoms with Gasteiger partial charge in [-0.25, -0.2) is 4.79 Å². The fourth-order valence-electron chi connectivity index (χ4n) is 2.57. The first-order valence-corrected chi connectivity index (χ1v) is 6.94.